The Hall–Kier alpha value is -4.94. The number of carbonyl (C=O) groups is 1. The molecule has 0 N–H and O–H groups in total. The van der Waals surface area contributed by atoms with Gasteiger partial charge in [0.1, 0.15) is 11.7 Å². The van der Waals surface area contributed by atoms with E-state index in [0.29, 0.717) is 37.4 Å². The van der Waals surface area contributed by atoms with E-state index in [4.69, 9.17) is 9.84 Å². The number of ether oxygens (including phenoxy) is 1. The molecule has 6 rings (SSSR count). The number of aromatic nitrogens is 3. The zero-order valence-electron chi connectivity index (χ0n) is 21.8. The van der Waals surface area contributed by atoms with Crippen LogP contribution in [0.15, 0.2) is 99.4 Å². The number of fused-ring (bicyclic) bond motifs is 1. The minimum Gasteiger partial charge on any atom is -0.466 e. The third-order valence-electron chi connectivity index (χ3n) is 6.62. The number of hydrogen-bond donors (Lipinski definition) is 0. The zero-order chi connectivity index (χ0) is 28.7. The maximum absolute atomic E-state index is 14.0. The summed E-state index contributed by atoms with van der Waals surface area (Å²) in [5, 5.41) is 18.1. The molecular weight excluding hydrogens is 562 g/mol. The van der Waals surface area contributed by atoms with Gasteiger partial charge in [0.05, 0.1) is 33.5 Å². The molecule has 2 aromatic carbocycles. The summed E-state index contributed by atoms with van der Waals surface area (Å²) >= 11 is 2.64. The first-order valence-corrected chi connectivity index (χ1v) is 14.1. The predicted octanol–water partition coefficient (Wildman–Crippen LogP) is 4.23. The first kappa shape index (κ1) is 26.3. The normalized spacial score (nSPS) is 15.0. The topological polar surface area (TPSA) is 122 Å². The quantitative estimate of drug-likeness (QED) is 0.168. The highest BCUT2D eigenvalue weighted by molar-refractivity contribution is 7.10. The van der Waals surface area contributed by atoms with Gasteiger partial charge in [-0.05, 0) is 36.6 Å². The number of thiazole rings is 1. The van der Waals surface area contributed by atoms with Crippen LogP contribution in [0.1, 0.15) is 23.4 Å². The minimum atomic E-state index is -0.677. The molecule has 0 amide bonds. The van der Waals surface area contributed by atoms with E-state index in [1.54, 1.807) is 36.0 Å². The Balaban J connectivity index is 1.57. The van der Waals surface area contributed by atoms with Gasteiger partial charge in [-0.3, -0.25) is 19.5 Å². The second-order valence-corrected chi connectivity index (χ2v) is 11.1. The summed E-state index contributed by atoms with van der Waals surface area (Å²) in [4.78, 5) is 43.6. The number of thiophene rings is 1. The molecule has 1 atom stereocenters. The van der Waals surface area contributed by atoms with Gasteiger partial charge in [-0.2, -0.15) is 5.10 Å². The number of carbonyl (C=O) groups excluding carboxylic acids is 1. The van der Waals surface area contributed by atoms with E-state index in [1.807, 2.05) is 47.8 Å². The van der Waals surface area contributed by atoms with Crippen LogP contribution in [0, 0.1) is 10.1 Å². The number of nitrogens with zero attached hydrogens (tertiary/aromatic N) is 5. The summed E-state index contributed by atoms with van der Waals surface area (Å²) in [6.45, 7) is 1.73. The Morgan fingerprint density at radius 3 is 2.63 bits per heavy atom. The van der Waals surface area contributed by atoms with Gasteiger partial charge in [0.2, 0.25) is 0 Å². The van der Waals surface area contributed by atoms with Gasteiger partial charge in [0.15, 0.2) is 4.80 Å². The Morgan fingerprint density at radius 2 is 1.93 bits per heavy atom. The van der Waals surface area contributed by atoms with E-state index >= 15 is 0 Å². The second-order valence-electron chi connectivity index (χ2n) is 9.11. The highest BCUT2D eigenvalue weighted by Crippen LogP contribution is 2.33. The molecule has 0 aliphatic carbocycles. The van der Waals surface area contributed by atoms with Gasteiger partial charge in [0.25, 0.3) is 11.2 Å². The van der Waals surface area contributed by atoms with Crippen LogP contribution in [0.4, 0.5) is 5.69 Å². The fraction of sp³-hybridized carbons (Fsp3) is 0.103. The van der Waals surface area contributed by atoms with Gasteiger partial charge in [-0.25, -0.2) is 14.5 Å². The largest absolute Gasteiger partial charge is 0.466 e. The highest BCUT2D eigenvalue weighted by atomic mass is 32.1. The molecule has 0 radical (unpaired) electrons. The third kappa shape index (κ3) is 4.72. The number of nitro groups is 1. The standard InChI is InChI=1S/C29H21N5O5S2/c1-17-24(28(36)39-2)26(22-12-7-13-40-22)33-27(35)23(41-29(33)30-17)15-19-16-32(20-9-4-3-5-10-20)31-25(19)18-8-6-11-21(14-18)34(37)38/h3-16,26H,1-2H3/b23-15+. The van der Waals surface area contributed by atoms with E-state index in [0.717, 1.165) is 10.6 Å². The van der Waals surface area contributed by atoms with Crippen LogP contribution in [0.25, 0.3) is 23.0 Å². The van der Waals surface area contributed by atoms with Gasteiger partial charge in [0, 0.05) is 34.3 Å². The average molecular weight is 584 g/mol. The number of hydrogen-bond acceptors (Lipinski definition) is 9. The first-order chi connectivity index (χ1) is 19.9. The summed E-state index contributed by atoms with van der Waals surface area (Å²) in [5.74, 6) is -0.545. The lowest BCUT2D eigenvalue weighted by molar-refractivity contribution is -0.384. The molecule has 12 heteroatoms. The van der Waals surface area contributed by atoms with Crippen LogP contribution < -0.4 is 14.9 Å². The Kier molecular flexibility index (Phi) is 6.77. The third-order valence-corrected chi connectivity index (χ3v) is 8.53. The number of methoxy groups -OCH3 is 1. The molecule has 10 nitrogen and oxygen atoms in total. The molecule has 1 aliphatic heterocycles. The van der Waals surface area contributed by atoms with Crippen molar-refractivity contribution in [1.82, 2.24) is 14.3 Å². The van der Waals surface area contributed by atoms with E-state index in [9.17, 15) is 19.7 Å². The van der Waals surface area contributed by atoms with Crippen molar-refractivity contribution in [3.05, 3.63) is 130 Å². The molecule has 0 fully saturated rings. The minimum absolute atomic E-state index is 0.0659. The van der Waals surface area contributed by atoms with Crippen LogP contribution in [0.5, 0.6) is 0 Å². The maximum atomic E-state index is 14.0. The van der Waals surface area contributed by atoms with Gasteiger partial charge < -0.3 is 4.74 Å². The maximum Gasteiger partial charge on any atom is 0.338 e. The zero-order valence-corrected chi connectivity index (χ0v) is 23.4. The summed E-state index contributed by atoms with van der Waals surface area (Å²) in [6.07, 6.45) is 3.50. The number of esters is 1. The molecule has 4 heterocycles. The van der Waals surface area contributed by atoms with Gasteiger partial charge in [-0.15, -0.1) is 11.3 Å². The second kappa shape index (κ2) is 10.6. The van der Waals surface area contributed by atoms with Crippen molar-refractivity contribution in [2.75, 3.05) is 7.11 Å². The van der Waals surface area contributed by atoms with Crippen molar-refractivity contribution in [2.45, 2.75) is 13.0 Å². The molecular formula is C29H21N5O5S2. The van der Waals surface area contributed by atoms with E-state index in [1.165, 1.54) is 46.5 Å². The Labute approximate surface area is 240 Å². The average Bonchev–Trinajstić information content (AvgIpc) is 3.73. The Bertz CT molecular complexity index is 2020. The van der Waals surface area contributed by atoms with E-state index < -0.39 is 16.9 Å². The summed E-state index contributed by atoms with van der Waals surface area (Å²) < 4.78 is 8.62. The summed E-state index contributed by atoms with van der Waals surface area (Å²) in [5.41, 5.74) is 2.80. The van der Waals surface area contributed by atoms with Crippen LogP contribution in [0.2, 0.25) is 0 Å². The molecule has 0 spiro atoms. The van der Waals surface area contributed by atoms with Crippen molar-refractivity contribution in [2.24, 2.45) is 4.99 Å². The smallest absolute Gasteiger partial charge is 0.338 e. The fourth-order valence-corrected chi connectivity index (χ4v) is 6.61. The molecule has 204 valence electrons. The molecule has 1 unspecified atom stereocenters. The predicted molar refractivity (Wildman–Crippen MR) is 156 cm³/mol. The number of para-hydroxylation sites is 1. The lowest BCUT2D eigenvalue weighted by atomic mass is 10.0. The summed E-state index contributed by atoms with van der Waals surface area (Å²) in [7, 11) is 1.30. The first-order valence-electron chi connectivity index (χ1n) is 12.4. The fourth-order valence-electron chi connectivity index (χ4n) is 4.75. The lowest BCUT2D eigenvalue weighted by Crippen LogP contribution is -2.39. The van der Waals surface area contributed by atoms with E-state index in [2.05, 4.69) is 4.99 Å². The lowest BCUT2D eigenvalue weighted by Gasteiger charge is -2.22. The number of allylic oxidation sites excluding steroid dienone is 1. The molecule has 5 aromatic rings. The van der Waals surface area contributed by atoms with Crippen molar-refractivity contribution < 1.29 is 14.5 Å². The van der Waals surface area contributed by atoms with Crippen LogP contribution in [-0.4, -0.2) is 32.3 Å². The van der Waals surface area contributed by atoms with Crippen LogP contribution in [-0.2, 0) is 9.53 Å². The molecule has 3 aromatic heterocycles. The van der Waals surface area contributed by atoms with Crippen LogP contribution >= 0.6 is 22.7 Å². The summed E-state index contributed by atoms with van der Waals surface area (Å²) in [6, 6.07) is 18.7. The van der Waals surface area contributed by atoms with Gasteiger partial charge >= 0.3 is 5.97 Å². The number of rotatable bonds is 6. The molecule has 0 saturated carbocycles. The molecule has 0 bridgehead atoms. The highest BCUT2D eigenvalue weighted by Gasteiger charge is 2.33. The van der Waals surface area contributed by atoms with E-state index in [-0.39, 0.29) is 11.2 Å². The number of nitro benzene ring substituents is 1. The Morgan fingerprint density at radius 1 is 1.12 bits per heavy atom. The molecule has 0 saturated heterocycles. The van der Waals surface area contributed by atoms with Crippen molar-refractivity contribution in [1.29, 1.82) is 0 Å². The van der Waals surface area contributed by atoms with Crippen molar-refractivity contribution in [3.8, 4) is 16.9 Å². The number of non-ortho nitro benzene ring substituents is 1. The SMILES string of the molecule is COC(=O)C1=C(C)N=c2s/c(=C/c3cn(-c4ccccc4)nc3-c3cccc([N+](=O)[O-])c3)c(=O)n2C1c1cccs1. The monoisotopic (exact) mass is 583 g/mol. The molecule has 41 heavy (non-hydrogen) atoms. The van der Waals surface area contributed by atoms with Crippen molar-refractivity contribution >= 4 is 40.4 Å². The van der Waals surface area contributed by atoms with Crippen molar-refractivity contribution in [3.63, 3.8) is 0 Å². The van der Waals surface area contributed by atoms with Gasteiger partial charge in [-0.1, -0.05) is 47.7 Å². The van der Waals surface area contributed by atoms with Crippen LogP contribution in [0.3, 0.4) is 0 Å². The molecule has 1 aliphatic rings. The number of benzene rings is 2.